The smallest absolute Gasteiger partial charge is 0.132 e. The van der Waals surface area contributed by atoms with Gasteiger partial charge in [0, 0.05) is 23.3 Å². The van der Waals surface area contributed by atoms with E-state index >= 15 is 0 Å². The summed E-state index contributed by atoms with van der Waals surface area (Å²) in [5, 5.41) is 0. The zero-order chi connectivity index (χ0) is 19.1. The summed E-state index contributed by atoms with van der Waals surface area (Å²) >= 11 is 1.73. The fourth-order valence-corrected chi connectivity index (χ4v) is 3.84. The van der Waals surface area contributed by atoms with Gasteiger partial charge in [-0.2, -0.15) is 0 Å². The molecule has 0 aliphatic rings. The number of carbonyl (C=O) groups is 1. The van der Waals surface area contributed by atoms with Crippen LogP contribution in [0.2, 0.25) is 0 Å². The molecule has 0 atom stereocenters. The van der Waals surface area contributed by atoms with Crippen molar-refractivity contribution >= 4 is 17.5 Å². The van der Waals surface area contributed by atoms with Gasteiger partial charge in [-0.15, -0.1) is 11.8 Å². The molecule has 0 fully saturated rings. The Hall–Kier alpha value is -1.74. The summed E-state index contributed by atoms with van der Waals surface area (Å²) in [6.45, 7) is 8.90. The number of rotatable bonds is 9. The monoisotopic (exact) mass is 370 g/mol. The average molecular weight is 371 g/mol. The maximum Gasteiger partial charge on any atom is 0.132 e. The molecule has 0 unspecified atom stereocenters. The normalized spacial score (nSPS) is 10.8. The van der Waals surface area contributed by atoms with Crippen LogP contribution in [0.1, 0.15) is 54.5 Å². The fraction of sp³-hybridized carbons (Fsp3) is 0.435. The first-order valence-electron chi connectivity index (χ1n) is 9.39. The summed E-state index contributed by atoms with van der Waals surface area (Å²) in [6, 6.07) is 10.7. The molecule has 2 nitrogen and oxygen atoms in total. The van der Waals surface area contributed by atoms with Crippen molar-refractivity contribution in [1.82, 2.24) is 0 Å². The Bertz CT molecular complexity index is 765. The molecule has 0 heterocycles. The van der Waals surface area contributed by atoms with E-state index in [0.717, 1.165) is 18.6 Å². The van der Waals surface area contributed by atoms with E-state index in [1.54, 1.807) is 11.8 Å². The molecule has 0 spiro atoms. The number of ether oxygens (including phenoxy) is 1. The number of thioether (sulfide) groups is 1. The first-order valence-corrected chi connectivity index (χ1v) is 10.6. The number of Topliss-reactive ketones (excluding diaryl/α,β-unsaturated/α-hetero) is 1. The number of ketones is 1. The van der Waals surface area contributed by atoms with Crippen LogP contribution in [0.3, 0.4) is 0 Å². The van der Waals surface area contributed by atoms with E-state index in [0.29, 0.717) is 25.2 Å². The summed E-state index contributed by atoms with van der Waals surface area (Å²) in [7, 11) is 0. The second kappa shape index (κ2) is 9.82. The van der Waals surface area contributed by atoms with Crippen molar-refractivity contribution in [2.75, 3.05) is 6.26 Å². The average Bonchev–Trinajstić information content (AvgIpc) is 2.66. The topological polar surface area (TPSA) is 26.3 Å². The molecule has 0 saturated carbocycles. The van der Waals surface area contributed by atoms with E-state index in [9.17, 15) is 4.79 Å². The highest BCUT2D eigenvalue weighted by molar-refractivity contribution is 7.98. The molecule has 26 heavy (non-hydrogen) atoms. The zero-order valence-electron chi connectivity index (χ0n) is 16.6. The lowest BCUT2D eigenvalue weighted by Crippen LogP contribution is -2.06. The maximum atomic E-state index is 11.7. The van der Waals surface area contributed by atoms with Gasteiger partial charge in [0.2, 0.25) is 0 Å². The fourth-order valence-electron chi connectivity index (χ4n) is 3.19. The van der Waals surface area contributed by atoms with E-state index in [1.165, 1.54) is 32.7 Å². The largest absolute Gasteiger partial charge is 0.489 e. The third-order valence-corrected chi connectivity index (χ3v) is 5.73. The van der Waals surface area contributed by atoms with Crippen LogP contribution < -0.4 is 4.74 Å². The maximum absolute atomic E-state index is 11.7. The lowest BCUT2D eigenvalue weighted by molar-refractivity contribution is -0.118. The molecule has 2 aromatic carbocycles. The van der Waals surface area contributed by atoms with Gasteiger partial charge in [0.25, 0.3) is 0 Å². The lowest BCUT2D eigenvalue weighted by atomic mass is 10.0. The molecule has 0 aliphatic carbocycles. The number of hydrogen-bond acceptors (Lipinski definition) is 3. The summed E-state index contributed by atoms with van der Waals surface area (Å²) < 4.78 is 6.22. The van der Waals surface area contributed by atoms with Crippen LogP contribution in [0.5, 0.6) is 5.75 Å². The second-order valence-electron chi connectivity index (χ2n) is 6.68. The van der Waals surface area contributed by atoms with E-state index in [1.807, 2.05) is 6.92 Å². The Kier molecular flexibility index (Phi) is 7.77. The van der Waals surface area contributed by atoms with Crippen molar-refractivity contribution in [2.24, 2.45) is 0 Å². The molecule has 0 aromatic heterocycles. The van der Waals surface area contributed by atoms with Gasteiger partial charge in [0.1, 0.15) is 18.1 Å². The zero-order valence-corrected chi connectivity index (χ0v) is 17.5. The van der Waals surface area contributed by atoms with Crippen LogP contribution in [-0.2, 0) is 24.2 Å². The summed E-state index contributed by atoms with van der Waals surface area (Å²) in [5.74, 6) is 1.26. The Morgan fingerprint density at radius 1 is 1.08 bits per heavy atom. The van der Waals surface area contributed by atoms with Gasteiger partial charge in [0.15, 0.2) is 0 Å². The molecular formula is C23H30O2S. The van der Waals surface area contributed by atoms with Gasteiger partial charge in [-0.25, -0.2) is 0 Å². The Morgan fingerprint density at radius 2 is 1.85 bits per heavy atom. The minimum atomic E-state index is 0.313. The summed E-state index contributed by atoms with van der Waals surface area (Å²) in [4.78, 5) is 13.0. The van der Waals surface area contributed by atoms with Gasteiger partial charge < -0.3 is 4.74 Å². The number of benzene rings is 2. The van der Waals surface area contributed by atoms with Crippen LogP contribution in [-0.4, -0.2) is 12.0 Å². The highest BCUT2D eigenvalue weighted by atomic mass is 32.2. The van der Waals surface area contributed by atoms with Crippen molar-refractivity contribution in [3.05, 3.63) is 58.1 Å². The van der Waals surface area contributed by atoms with Crippen LogP contribution in [0.15, 0.2) is 35.2 Å². The van der Waals surface area contributed by atoms with Crippen LogP contribution >= 0.6 is 11.8 Å². The number of carbonyl (C=O) groups excluding carboxylic acids is 1. The van der Waals surface area contributed by atoms with Crippen LogP contribution in [0.25, 0.3) is 0 Å². The second-order valence-corrected chi connectivity index (χ2v) is 7.52. The molecule has 3 heteroatoms. The van der Waals surface area contributed by atoms with Gasteiger partial charge in [-0.1, -0.05) is 32.0 Å². The molecule has 0 bridgehead atoms. The van der Waals surface area contributed by atoms with Crippen molar-refractivity contribution in [1.29, 1.82) is 0 Å². The molecule has 140 valence electrons. The predicted octanol–water partition coefficient (Wildman–Crippen LogP) is 6.08. The molecule has 0 N–H and O–H groups in total. The third-order valence-electron chi connectivity index (χ3n) is 4.90. The van der Waals surface area contributed by atoms with Crippen molar-refractivity contribution in [3.8, 4) is 5.75 Å². The Balaban J connectivity index is 2.23. The van der Waals surface area contributed by atoms with E-state index in [2.05, 4.69) is 57.4 Å². The number of hydrogen-bond donors (Lipinski definition) is 0. The first kappa shape index (κ1) is 20.6. The molecule has 0 amide bonds. The SMILES string of the molecule is CCC(=O)CCc1cccc(SC)c1COc1cc(C)c(CC)cc1C. The highest BCUT2D eigenvalue weighted by Crippen LogP contribution is 2.29. The van der Waals surface area contributed by atoms with Crippen molar-refractivity contribution in [2.45, 2.75) is 64.9 Å². The van der Waals surface area contributed by atoms with E-state index in [4.69, 9.17) is 4.74 Å². The van der Waals surface area contributed by atoms with Gasteiger partial charge in [0.05, 0.1) is 0 Å². The quantitative estimate of drug-likeness (QED) is 0.500. The lowest BCUT2D eigenvalue weighted by Gasteiger charge is -2.17. The molecule has 0 radical (unpaired) electrons. The summed E-state index contributed by atoms with van der Waals surface area (Å²) in [6.07, 6.45) is 5.12. The van der Waals surface area contributed by atoms with Crippen molar-refractivity contribution < 1.29 is 9.53 Å². The predicted molar refractivity (Wildman–Crippen MR) is 111 cm³/mol. The van der Waals surface area contributed by atoms with Gasteiger partial charge in [-0.05, 0) is 67.3 Å². The minimum Gasteiger partial charge on any atom is -0.489 e. The Labute approximate surface area is 162 Å². The van der Waals surface area contributed by atoms with Crippen LogP contribution in [0, 0.1) is 13.8 Å². The third kappa shape index (κ3) is 5.14. The van der Waals surface area contributed by atoms with E-state index < -0.39 is 0 Å². The molecular weight excluding hydrogens is 340 g/mol. The number of aryl methyl sites for hydroxylation is 4. The highest BCUT2D eigenvalue weighted by Gasteiger charge is 2.12. The first-order chi connectivity index (χ1) is 12.5. The summed E-state index contributed by atoms with van der Waals surface area (Å²) in [5.41, 5.74) is 6.26. The standard InChI is InChI=1S/C23H30O2S/c1-6-18-13-17(4)22(14-16(18)3)25-15-21-19(11-12-20(24)7-2)9-8-10-23(21)26-5/h8-10,13-14H,6-7,11-12,15H2,1-5H3. The van der Waals surface area contributed by atoms with Gasteiger partial charge >= 0.3 is 0 Å². The molecule has 2 aromatic rings. The Morgan fingerprint density at radius 3 is 2.50 bits per heavy atom. The minimum absolute atomic E-state index is 0.313. The molecule has 0 saturated heterocycles. The molecule has 2 rings (SSSR count). The molecule has 0 aliphatic heterocycles. The van der Waals surface area contributed by atoms with Crippen molar-refractivity contribution in [3.63, 3.8) is 0 Å². The van der Waals surface area contributed by atoms with Crippen LogP contribution in [0.4, 0.5) is 0 Å². The van der Waals surface area contributed by atoms with E-state index in [-0.39, 0.29) is 0 Å². The van der Waals surface area contributed by atoms with Gasteiger partial charge in [-0.3, -0.25) is 4.79 Å².